The summed E-state index contributed by atoms with van der Waals surface area (Å²) in [6.45, 7) is 8.53. The van der Waals surface area contributed by atoms with Crippen molar-refractivity contribution in [3.63, 3.8) is 0 Å². The van der Waals surface area contributed by atoms with Gasteiger partial charge in [0.05, 0.1) is 6.61 Å². The number of hydrogen-bond acceptors (Lipinski definition) is 0. The molecule has 0 aromatic heterocycles. The van der Waals surface area contributed by atoms with Crippen LogP contribution in [0.1, 0.15) is 47.0 Å². The van der Waals surface area contributed by atoms with Gasteiger partial charge in [-0.05, 0) is 32.1 Å². The molecule has 0 amide bonds. The van der Waals surface area contributed by atoms with Crippen LogP contribution in [0, 0.1) is 11.8 Å². The van der Waals surface area contributed by atoms with Crippen LogP contribution < -0.4 is 0 Å². The molecule has 0 N–H and O–H groups in total. The summed E-state index contributed by atoms with van der Waals surface area (Å²) in [5.74, 6) is 0.867. The Hall–Kier alpha value is -0.560. The van der Waals surface area contributed by atoms with Crippen molar-refractivity contribution in [3.05, 3.63) is 23.8 Å². The third-order valence-electron chi connectivity index (χ3n) is 2.44. The molecule has 0 aliphatic heterocycles. The maximum Gasteiger partial charge on any atom is 0.0882 e. The molecule has 0 saturated carbocycles. The molecule has 2 atom stereocenters. The zero-order valence-electron chi connectivity index (χ0n) is 10.6. The molecule has 0 rings (SSSR count). The van der Waals surface area contributed by atoms with E-state index in [0.717, 1.165) is 19.3 Å². The molecule has 0 fully saturated rings. The second kappa shape index (κ2) is 8.72. The molecule has 87 valence electrons. The molecule has 0 aromatic carbocycles. The summed E-state index contributed by atoms with van der Waals surface area (Å²) in [6, 6.07) is 0. The number of allylic oxidation sites excluding steroid dienone is 3. The Morgan fingerprint density at radius 3 is 2.47 bits per heavy atom. The first-order valence-electron chi connectivity index (χ1n) is 6.00. The van der Waals surface area contributed by atoms with Crippen LogP contribution in [0.25, 0.3) is 0 Å². The SMILES string of the molecule is CC/C=C/CC(C)C/C(C)=C/C(C)C[O]. The zero-order chi connectivity index (χ0) is 11.7. The van der Waals surface area contributed by atoms with E-state index >= 15 is 0 Å². The molecule has 0 spiro atoms. The van der Waals surface area contributed by atoms with Crippen molar-refractivity contribution in [1.29, 1.82) is 0 Å². The third-order valence-corrected chi connectivity index (χ3v) is 2.44. The Labute approximate surface area is 94.9 Å². The van der Waals surface area contributed by atoms with Gasteiger partial charge in [-0.25, -0.2) is 5.11 Å². The molecule has 1 nitrogen and oxygen atoms in total. The van der Waals surface area contributed by atoms with Crippen molar-refractivity contribution in [2.75, 3.05) is 6.61 Å². The molecule has 15 heavy (non-hydrogen) atoms. The van der Waals surface area contributed by atoms with E-state index < -0.39 is 0 Å². The van der Waals surface area contributed by atoms with Crippen molar-refractivity contribution in [1.82, 2.24) is 0 Å². The molecule has 0 aromatic rings. The minimum atomic E-state index is 0.00145. The Morgan fingerprint density at radius 1 is 1.27 bits per heavy atom. The highest BCUT2D eigenvalue weighted by Gasteiger charge is 2.02. The highest BCUT2D eigenvalue weighted by atomic mass is 16.3. The lowest BCUT2D eigenvalue weighted by atomic mass is 9.96. The fourth-order valence-electron chi connectivity index (χ4n) is 1.73. The van der Waals surface area contributed by atoms with Gasteiger partial charge in [0, 0.05) is 5.92 Å². The van der Waals surface area contributed by atoms with Crippen molar-refractivity contribution < 1.29 is 5.11 Å². The molecule has 0 bridgehead atoms. The second-order valence-electron chi connectivity index (χ2n) is 4.58. The van der Waals surface area contributed by atoms with Gasteiger partial charge in [-0.15, -0.1) is 0 Å². The van der Waals surface area contributed by atoms with Gasteiger partial charge in [-0.2, -0.15) is 0 Å². The van der Waals surface area contributed by atoms with E-state index in [2.05, 4.69) is 39.0 Å². The summed E-state index contributed by atoms with van der Waals surface area (Å²) in [5, 5.41) is 10.6. The highest BCUT2D eigenvalue weighted by Crippen LogP contribution is 2.16. The Balaban J connectivity index is 3.89. The van der Waals surface area contributed by atoms with E-state index in [1.54, 1.807) is 0 Å². The van der Waals surface area contributed by atoms with E-state index in [4.69, 9.17) is 0 Å². The average Bonchev–Trinajstić information content (AvgIpc) is 2.17. The molecule has 0 aliphatic rings. The Kier molecular flexibility index (Phi) is 8.40. The van der Waals surface area contributed by atoms with Gasteiger partial charge in [0.1, 0.15) is 0 Å². The zero-order valence-corrected chi connectivity index (χ0v) is 10.6. The standard InChI is InChI=1S/C14H25O/c1-5-6-7-8-12(2)9-13(3)10-14(4)11-15/h6-7,10,12,14H,5,8-9,11H2,1-4H3/b7-6+,13-10+. The van der Waals surface area contributed by atoms with Crippen LogP contribution in [0.15, 0.2) is 23.8 Å². The first-order valence-corrected chi connectivity index (χ1v) is 6.00. The maximum atomic E-state index is 10.6. The first-order chi connectivity index (χ1) is 7.10. The fraction of sp³-hybridized carbons (Fsp3) is 0.714. The normalized spacial score (nSPS) is 17.0. The predicted octanol–water partition coefficient (Wildman–Crippen LogP) is 4.38. The Bertz CT molecular complexity index is 203. The molecule has 2 unspecified atom stereocenters. The lowest BCUT2D eigenvalue weighted by Crippen LogP contribution is -1.99. The van der Waals surface area contributed by atoms with Gasteiger partial charge in [-0.1, -0.05) is 44.6 Å². The second-order valence-corrected chi connectivity index (χ2v) is 4.58. The van der Waals surface area contributed by atoms with Crippen molar-refractivity contribution in [2.24, 2.45) is 11.8 Å². The first kappa shape index (κ1) is 14.4. The monoisotopic (exact) mass is 209 g/mol. The lowest BCUT2D eigenvalue weighted by Gasteiger charge is -2.10. The third kappa shape index (κ3) is 8.44. The molecule has 0 heterocycles. The van der Waals surface area contributed by atoms with Gasteiger partial charge < -0.3 is 0 Å². The minimum Gasteiger partial charge on any atom is -0.236 e. The van der Waals surface area contributed by atoms with E-state index in [-0.39, 0.29) is 12.5 Å². The van der Waals surface area contributed by atoms with Crippen LogP contribution in [0.4, 0.5) is 0 Å². The van der Waals surface area contributed by atoms with Crippen LogP contribution in [0.3, 0.4) is 0 Å². The fourth-order valence-corrected chi connectivity index (χ4v) is 1.73. The smallest absolute Gasteiger partial charge is 0.0882 e. The maximum absolute atomic E-state index is 10.6. The molecule has 0 aliphatic carbocycles. The topological polar surface area (TPSA) is 19.9 Å². The van der Waals surface area contributed by atoms with Crippen molar-refractivity contribution in [2.45, 2.75) is 47.0 Å². The number of rotatable bonds is 7. The van der Waals surface area contributed by atoms with Gasteiger partial charge >= 0.3 is 0 Å². The number of hydrogen-bond donors (Lipinski definition) is 0. The summed E-state index contributed by atoms with van der Waals surface area (Å²) in [6.07, 6.45) is 9.97. The molecule has 1 heteroatoms. The van der Waals surface area contributed by atoms with Crippen LogP contribution in [0.5, 0.6) is 0 Å². The summed E-state index contributed by atoms with van der Waals surface area (Å²) < 4.78 is 0. The van der Waals surface area contributed by atoms with Crippen molar-refractivity contribution in [3.8, 4) is 0 Å². The van der Waals surface area contributed by atoms with Gasteiger partial charge in [0.25, 0.3) is 0 Å². The van der Waals surface area contributed by atoms with E-state index in [9.17, 15) is 5.11 Å². The van der Waals surface area contributed by atoms with Crippen LogP contribution in [0.2, 0.25) is 0 Å². The van der Waals surface area contributed by atoms with Gasteiger partial charge in [0.15, 0.2) is 0 Å². The van der Waals surface area contributed by atoms with Crippen LogP contribution >= 0.6 is 0 Å². The van der Waals surface area contributed by atoms with E-state index in [0.29, 0.717) is 5.92 Å². The van der Waals surface area contributed by atoms with Crippen LogP contribution in [-0.2, 0) is 5.11 Å². The lowest BCUT2D eigenvalue weighted by molar-refractivity contribution is 0.168. The largest absolute Gasteiger partial charge is 0.236 e. The molecule has 0 saturated heterocycles. The average molecular weight is 209 g/mol. The highest BCUT2D eigenvalue weighted by molar-refractivity contribution is 5.01. The van der Waals surface area contributed by atoms with Crippen molar-refractivity contribution >= 4 is 0 Å². The summed E-state index contributed by atoms with van der Waals surface area (Å²) in [4.78, 5) is 0. The predicted molar refractivity (Wildman–Crippen MR) is 66.3 cm³/mol. The quantitative estimate of drug-likeness (QED) is 0.554. The summed E-state index contributed by atoms with van der Waals surface area (Å²) in [7, 11) is 0. The van der Waals surface area contributed by atoms with Gasteiger partial charge in [0.2, 0.25) is 0 Å². The Morgan fingerprint density at radius 2 is 1.93 bits per heavy atom. The van der Waals surface area contributed by atoms with Crippen LogP contribution in [-0.4, -0.2) is 6.61 Å². The summed E-state index contributed by atoms with van der Waals surface area (Å²) >= 11 is 0. The molecule has 1 radical (unpaired) electrons. The van der Waals surface area contributed by atoms with E-state index in [1.807, 2.05) is 6.92 Å². The minimum absolute atomic E-state index is 0.00145. The van der Waals surface area contributed by atoms with Gasteiger partial charge in [-0.3, -0.25) is 0 Å². The van der Waals surface area contributed by atoms with E-state index in [1.165, 1.54) is 5.57 Å². The molecular formula is C14H25O. The summed E-state index contributed by atoms with van der Waals surface area (Å²) in [5.41, 5.74) is 1.36. The molecular weight excluding hydrogens is 184 g/mol.